The maximum atomic E-state index is 13.6. The summed E-state index contributed by atoms with van der Waals surface area (Å²) in [7, 11) is -1.75. The molecule has 0 spiro atoms. The van der Waals surface area contributed by atoms with Gasteiger partial charge in [0, 0.05) is 12.0 Å². The number of rotatable bonds is 7. The van der Waals surface area contributed by atoms with Gasteiger partial charge < -0.3 is 20.6 Å². The average Bonchev–Trinajstić information content (AvgIpc) is 3.23. The van der Waals surface area contributed by atoms with E-state index in [9.17, 15) is 19.1 Å². The highest BCUT2D eigenvalue weighted by atomic mass is 28.3. The third-order valence-corrected chi connectivity index (χ3v) is 11.9. The molecule has 203 valence electrons. The Hall–Kier alpha value is -2.72. The Kier molecular flexibility index (Phi) is 6.82. The van der Waals surface area contributed by atoms with Crippen LogP contribution >= 0.6 is 0 Å². The van der Waals surface area contributed by atoms with Gasteiger partial charge in [-0.1, -0.05) is 36.4 Å². The van der Waals surface area contributed by atoms with E-state index < -0.39 is 25.3 Å². The van der Waals surface area contributed by atoms with Crippen LogP contribution in [0.1, 0.15) is 76.2 Å². The molecular weight excluding hydrogens is 489 g/mol. The zero-order chi connectivity index (χ0) is 27.4. The van der Waals surface area contributed by atoms with Crippen molar-refractivity contribution in [2.75, 3.05) is 5.32 Å². The van der Waals surface area contributed by atoms with E-state index in [1.165, 1.54) is 12.1 Å². The summed E-state index contributed by atoms with van der Waals surface area (Å²) in [5.74, 6) is 0.157. The average molecular weight is 530 g/mol. The van der Waals surface area contributed by atoms with Gasteiger partial charge in [0.15, 0.2) is 5.82 Å². The van der Waals surface area contributed by atoms with E-state index in [0.717, 1.165) is 30.5 Å². The highest BCUT2D eigenvalue weighted by Crippen LogP contribution is 2.56. The van der Waals surface area contributed by atoms with Gasteiger partial charge in [-0.3, -0.25) is 9.89 Å². The van der Waals surface area contributed by atoms with Crippen LogP contribution in [0.3, 0.4) is 0 Å². The normalized spacial score (nSPS) is 19.1. The molecular formula is C27H40FN5O3Si-. The van der Waals surface area contributed by atoms with Crippen molar-refractivity contribution in [2.24, 2.45) is 0 Å². The number of urea groups is 1. The topological polar surface area (TPSA) is 110 Å². The SMILES string of the molecule is CC(C)(O)C[C@@H](NC(=O)N1Cc2c(NC(=O)C3([Si-](C)(C)C)CCC3)n[nH]c2C1(C)C)c1ccc(F)cc1. The quantitative estimate of drug-likeness (QED) is 0.359. The number of hydrogen-bond acceptors (Lipinski definition) is 4. The van der Waals surface area contributed by atoms with Gasteiger partial charge in [0.05, 0.1) is 29.4 Å². The first kappa shape index (κ1) is 27.3. The Labute approximate surface area is 219 Å². The zero-order valence-corrected chi connectivity index (χ0v) is 24.0. The lowest BCUT2D eigenvalue weighted by Crippen LogP contribution is -2.52. The minimum atomic E-state index is -1.75. The van der Waals surface area contributed by atoms with E-state index in [-0.39, 0.29) is 35.8 Å². The number of hydrogen-bond donors (Lipinski definition) is 4. The van der Waals surface area contributed by atoms with Crippen molar-refractivity contribution in [1.82, 2.24) is 20.4 Å². The van der Waals surface area contributed by atoms with Crippen molar-refractivity contribution in [1.29, 1.82) is 0 Å². The highest BCUT2D eigenvalue weighted by molar-refractivity contribution is 6.83. The number of carbonyl (C=O) groups excluding carboxylic acids is 2. The molecule has 1 fully saturated rings. The molecule has 0 saturated heterocycles. The summed E-state index contributed by atoms with van der Waals surface area (Å²) in [6.07, 6.45) is 3.14. The van der Waals surface area contributed by atoms with Crippen LogP contribution in [-0.4, -0.2) is 45.8 Å². The molecule has 2 aliphatic rings. The van der Waals surface area contributed by atoms with Gasteiger partial charge >= 0.3 is 6.03 Å². The number of nitrogens with one attached hydrogen (secondary N) is 3. The lowest BCUT2D eigenvalue weighted by atomic mass is 9.83. The number of halogens is 1. The summed E-state index contributed by atoms with van der Waals surface area (Å²) in [4.78, 5) is 28.7. The minimum absolute atomic E-state index is 0.0366. The molecule has 1 aromatic carbocycles. The van der Waals surface area contributed by atoms with Crippen molar-refractivity contribution in [3.05, 3.63) is 46.9 Å². The van der Waals surface area contributed by atoms with Crippen molar-refractivity contribution < 1.29 is 19.1 Å². The Morgan fingerprint density at radius 2 is 1.84 bits per heavy atom. The van der Waals surface area contributed by atoms with Crippen molar-refractivity contribution >= 4 is 25.8 Å². The third kappa shape index (κ3) is 5.05. The number of aliphatic hydroxyl groups is 1. The number of benzene rings is 1. The van der Waals surface area contributed by atoms with Crippen LogP contribution in [0.2, 0.25) is 24.7 Å². The number of fused-ring (bicyclic) bond motifs is 1. The van der Waals surface area contributed by atoms with Gasteiger partial charge in [0.1, 0.15) is 5.82 Å². The van der Waals surface area contributed by atoms with Crippen molar-refractivity contribution in [2.45, 2.75) is 102 Å². The molecule has 1 aliphatic heterocycles. The molecule has 0 radical (unpaired) electrons. The molecule has 0 unspecified atom stereocenters. The molecule has 37 heavy (non-hydrogen) atoms. The van der Waals surface area contributed by atoms with Gasteiger partial charge in [-0.2, -0.15) is 24.7 Å². The number of carbonyl (C=O) groups is 2. The fourth-order valence-corrected chi connectivity index (χ4v) is 8.29. The minimum Gasteiger partial charge on any atom is -0.390 e. The third-order valence-electron chi connectivity index (χ3n) is 8.30. The van der Waals surface area contributed by atoms with Crippen LogP contribution in [-0.2, 0) is 16.9 Å². The highest BCUT2D eigenvalue weighted by Gasteiger charge is 2.48. The number of amides is 3. The standard InChI is InChI=1S/C27H40FN5O3Si/c1-25(2,36)15-20(17-9-11-18(28)12-10-17)29-24(35)33-16-19-21(26(33,3)4)31-32-22(19)30-23(34)27(13-8-14-27)37(5,6)7/h9-12,20,36H,8,13-16H2,1-7H3,(H,29,35)(H2,30,31,32,34)/q-1/t20-/m1/s1. The van der Waals surface area contributed by atoms with Crippen LogP contribution in [0, 0.1) is 5.82 Å². The van der Waals surface area contributed by atoms with Crippen LogP contribution in [0.25, 0.3) is 0 Å². The molecule has 1 atom stereocenters. The lowest BCUT2D eigenvalue weighted by molar-refractivity contribution is -0.121. The van der Waals surface area contributed by atoms with Gasteiger partial charge in [0.2, 0.25) is 5.91 Å². The van der Waals surface area contributed by atoms with E-state index >= 15 is 0 Å². The zero-order valence-electron chi connectivity index (χ0n) is 23.0. The van der Waals surface area contributed by atoms with Gasteiger partial charge in [0.25, 0.3) is 0 Å². The van der Waals surface area contributed by atoms with E-state index in [1.54, 1.807) is 30.9 Å². The molecule has 1 aliphatic carbocycles. The molecule has 2 heterocycles. The van der Waals surface area contributed by atoms with Crippen LogP contribution in [0.4, 0.5) is 15.0 Å². The summed E-state index contributed by atoms with van der Waals surface area (Å²) >= 11 is 0. The second kappa shape index (κ2) is 9.23. The number of nitrogens with zero attached hydrogens (tertiary/aromatic N) is 2. The first-order chi connectivity index (χ1) is 17.0. The second-order valence-electron chi connectivity index (χ2n) is 12.8. The van der Waals surface area contributed by atoms with Crippen LogP contribution in [0.5, 0.6) is 0 Å². The smallest absolute Gasteiger partial charge is 0.318 e. The van der Waals surface area contributed by atoms with Gasteiger partial charge in [-0.15, -0.1) is 8.07 Å². The maximum absolute atomic E-state index is 13.6. The molecule has 8 nitrogen and oxygen atoms in total. The molecule has 3 amide bonds. The van der Waals surface area contributed by atoms with Crippen LogP contribution < -0.4 is 10.6 Å². The molecule has 10 heteroatoms. The van der Waals surface area contributed by atoms with Gasteiger partial charge in [-0.05, 0) is 45.4 Å². The molecule has 4 rings (SSSR count). The number of aromatic nitrogens is 2. The summed E-state index contributed by atoms with van der Waals surface area (Å²) in [5, 5.41) is 23.8. The van der Waals surface area contributed by atoms with Crippen molar-refractivity contribution in [3.63, 3.8) is 0 Å². The summed E-state index contributed by atoms with van der Waals surface area (Å²) < 4.78 is 13.5. The largest absolute Gasteiger partial charge is 0.390 e. The van der Waals surface area contributed by atoms with E-state index in [1.807, 2.05) is 13.8 Å². The molecule has 1 aromatic heterocycles. The maximum Gasteiger partial charge on any atom is 0.318 e. The number of aromatic amines is 1. The van der Waals surface area contributed by atoms with Crippen LogP contribution in [0.15, 0.2) is 24.3 Å². The molecule has 2 aromatic rings. The fraction of sp³-hybridized carbons (Fsp3) is 0.593. The summed E-state index contributed by atoms with van der Waals surface area (Å²) in [5.41, 5.74) is 0.546. The lowest BCUT2D eigenvalue weighted by Gasteiger charge is -2.57. The van der Waals surface area contributed by atoms with Crippen molar-refractivity contribution in [3.8, 4) is 0 Å². The Morgan fingerprint density at radius 1 is 1.22 bits per heavy atom. The number of anilines is 1. The molecule has 4 N–H and O–H groups in total. The van der Waals surface area contributed by atoms with E-state index in [0.29, 0.717) is 11.4 Å². The summed E-state index contributed by atoms with van der Waals surface area (Å²) in [6, 6.07) is 5.10. The first-order valence-electron chi connectivity index (χ1n) is 13.0. The van der Waals surface area contributed by atoms with E-state index in [4.69, 9.17) is 0 Å². The molecule has 1 saturated carbocycles. The van der Waals surface area contributed by atoms with E-state index in [2.05, 4.69) is 40.5 Å². The number of H-pyrrole nitrogens is 1. The summed E-state index contributed by atoms with van der Waals surface area (Å²) in [6.45, 7) is 14.2. The van der Waals surface area contributed by atoms with Gasteiger partial charge in [-0.25, -0.2) is 9.18 Å². The molecule has 0 bridgehead atoms. The predicted octanol–water partition coefficient (Wildman–Crippen LogP) is 5.41. The fourth-order valence-electron chi connectivity index (χ4n) is 5.69. The Bertz CT molecular complexity index is 1180. The monoisotopic (exact) mass is 529 g/mol. The second-order valence-corrected chi connectivity index (χ2v) is 18.2. The first-order valence-corrected chi connectivity index (χ1v) is 16.5. The predicted molar refractivity (Wildman–Crippen MR) is 144 cm³/mol. The Balaban J connectivity index is 1.54. The Morgan fingerprint density at radius 3 is 2.35 bits per heavy atom.